The van der Waals surface area contributed by atoms with Gasteiger partial charge in [-0.1, -0.05) is 30.3 Å². The van der Waals surface area contributed by atoms with Crippen LogP contribution in [0.15, 0.2) is 53.7 Å². The van der Waals surface area contributed by atoms with E-state index in [4.69, 9.17) is 0 Å². The number of nitrogens with zero attached hydrogens (tertiary/aromatic N) is 4. The third-order valence-corrected chi connectivity index (χ3v) is 5.42. The maximum absolute atomic E-state index is 13.1. The number of benzene rings is 1. The molecule has 0 aliphatic carbocycles. The molecule has 1 aromatic carbocycles. The van der Waals surface area contributed by atoms with Gasteiger partial charge >= 0.3 is 0 Å². The van der Waals surface area contributed by atoms with Crippen LogP contribution < -0.4 is 10.9 Å². The molecule has 154 valence electrons. The second kappa shape index (κ2) is 7.98. The lowest BCUT2D eigenvalue weighted by Crippen LogP contribution is -2.41. The predicted octanol–water partition coefficient (Wildman–Crippen LogP) is 1.19. The molecule has 4 rings (SSSR count). The molecule has 0 fully saturated rings. The molecule has 0 saturated carbocycles. The van der Waals surface area contributed by atoms with Gasteiger partial charge in [0.15, 0.2) is 5.82 Å². The zero-order valence-corrected chi connectivity index (χ0v) is 17.0. The molecule has 0 bridgehead atoms. The van der Waals surface area contributed by atoms with Crippen LogP contribution in [0.1, 0.15) is 37.7 Å². The van der Waals surface area contributed by atoms with E-state index in [1.165, 1.54) is 7.05 Å². The Morgan fingerprint density at radius 2 is 1.97 bits per heavy atom. The summed E-state index contributed by atoms with van der Waals surface area (Å²) < 4.78 is 3.23. The van der Waals surface area contributed by atoms with Crippen molar-refractivity contribution in [2.45, 2.75) is 19.5 Å². The molecule has 0 spiro atoms. The van der Waals surface area contributed by atoms with Crippen LogP contribution in [-0.2, 0) is 26.6 Å². The van der Waals surface area contributed by atoms with E-state index in [2.05, 4.69) is 10.3 Å². The van der Waals surface area contributed by atoms with E-state index in [-0.39, 0.29) is 17.0 Å². The minimum absolute atomic E-state index is 0.162. The molecule has 30 heavy (non-hydrogen) atoms. The normalized spacial score (nSPS) is 13.1. The molecular weight excluding hydrogens is 382 g/mol. The standard InChI is InChI=1S/C22H23N5O3/c1-23-20(28)18-17-8-10-26(22(30)19-24-9-11-25(19)2)13-16(17)14-27(21(18)29)12-15-6-4-3-5-7-15/h3-7,9,11,14H,8,10,12-13H2,1-2H3,(H,23,28). The van der Waals surface area contributed by atoms with Crippen LogP contribution in [0.4, 0.5) is 0 Å². The number of fused-ring (bicyclic) bond motifs is 1. The molecule has 1 aliphatic heterocycles. The highest BCUT2D eigenvalue weighted by atomic mass is 16.2. The summed E-state index contributed by atoms with van der Waals surface area (Å²) in [7, 11) is 3.29. The molecule has 0 atom stereocenters. The van der Waals surface area contributed by atoms with Crippen LogP contribution in [-0.4, -0.2) is 44.4 Å². The smallest absolute Gasteiger partial charge is 0.290 e. The Hall–Kier alpha value is -3.68. The summed E-state index contributed by atoms with van der Waals surface area (Å²) in [6.45, 7) is 1.09. The third-order valence-electron chi connectivity index (χ3n) is 5.42. The number of aromatic nitrogens is 3. The van der Waals surface area contributed by atoms with Crippen LogP contribution in [0, 0.1) is 0 Å². The van der Waals surface area contributed by atoms with Crippen molar-refractivity contribution in [1.82, 2.24) is 24.3 Å². The van der Waals surface area contributed by atoms with Crippen LogP contribution in [0.2, 0.25) is 0 Å². The fourth-order valence-corrected chi connectivity index (χ4v) is 3.85. The summed E-state index contributed by atoms with van der Waals surface area (Å²) in [4.78, 5) is 44.4. The molecule has 2 aromatic heterocycles. The Bertz CT molecular complexity index is 1160. The van der Waals surface area contributed by atoms with Gasteiger partial charge in [0.1, 0.15) is 5.56 Å². The van der Waals surface area contributed by atoms with Crippen molar-refractivity contribution in [3.63, 3.8) is 0 Å². The van der Waals surface area contributed by atoms with E-state index in [1.807, 2.05) is 30.3 Å². The van der Waals surface area contributed by atoms with Crippen molar-refractivity contribution in [1.29, 1.82) is 0 Å². The highest BCUT2D eigenvalue weighted by Crippen LogP contribution is 2.22. The number of hydrogen-bond acceptors (Lipinski definition) is 4. The second-order valence-electron chi connectivity index (χ2n) is 7.34. The lowest BCUT2D eigenvalue weighted by molar-refractivity contribution is 0.0718. The highest BCUT2D eigenvalue weighted by Gasteiger charge is 2.29. The first-order valence-electron chi connectivity index (χ1n) is 9.77. The topological polar surface area (TPSA) is 89.2 Å². The van der Waals surface area contributed by atoms with Gasteiger partial charge in [0.25, 0.3) is 17.4 Å². The van der Waals surface area contributed by atoms with Crippen molar-refractivity contribution >= 4 is 11.8 Å². The monoisotopic (exact) mass is 405 g/mol. The lowest BCUT2D eigenvalue weighted by Gasteiger charge is -2.30. The van der Waals surface area contributed by atoms with Crippen LogP contribution in [0.25, 0.3) is 0 Å². The molecule has 2 amide bonds. The Labute approximate surface area is 173 Å². The number of imidazole rings is 1. The Balaban J connectivity index is 1.74. The fourth-order valence-electron chi connectivity index (χ4n) is 3.85. The second-order valence-corrected chi connectivity index (χ2v) is 7.34. The SMILES string of the molecule is CNC(=O)c1c2c(cn(Cc3ccccc3)c1=O)CN(C(=O)c1nccn1C)CC2. The van der Waals surface area contributed by atoms with Crippen LogP contribution in [0.3, 0.4) is 0 Å². The predicted molar refractivity (Wildman–Crippen MR) is 111 cm³/mol. The lowest BCUT2D eigenvalue weighted by atomic mass is 9.95. The molecule has 0 radical (unpaired) electrons. The number of pyridine rings is 1. The minimum Gasteiger partial charge on any atom is -0.355 e. The maximum Gasteiger partial charge on any atom is 0.290 e. The van der Waals surface area contributed by atoms with Crippen LogP contribution >= 0.6 is 0 Å². The molecule has 0 saturated heterocycles. The number of rotatable bonds is 4. The first-order valence-corrected chi connectivity index (χ1v) is 9.77. The van der Waals surface area contributed by atoms with Crippen molar-refractivity contribution in [2.75, 3.05) is 13.6 Å². The number of hydrogen-bond donors (Lipinski definition) is 1. The van der Waals surface area contributed by atoms with E-state index >= 15 is 0 Å². The van der Waals surface area contributed by atoms with Gasteiger partial charge in [-0.25, -0.2) is 4.98 Å². The average molecular weight is 405 g/mol. The average Bonchev–Trinajstić information content (AvgIpc) is 3.19. The summed E-state index contributed by atoms with van der Waals surface area (Å²) in [6, 6.07) is 9.60. The van der Waals surface area contributed by atoms with Gasteiger partial charge in [-0.05, 0) is 23.1 Å². The molecule has 0 unspecified atom stereocenters. The third kappa shape index (κ3) is 3.52. The fraction of sp³-hybridized carbons (Fsp3) is 0.273. The van der Waals surface area contributed by atoms with Crippen LogP contribution in [0.5, 0.6) is 0 Å². The molecule has 1 aliphatic rings. The zero-order chi connectivity index (χ0) is 21.3. The number of nitrogens with one attached hydrogen (secondary N) is 1. The molecule has 1 N–H and O–H groups in total. The van der Waals surface area contributed by atoms with E-state index in [1.54, 1.807) is 39.7 Å². The summed E-state index contributed by atoms with van der Waals surface area (Å²) in [6.07, 6.45) is 5.53. The van der Waals surface area contributed by atoms with Gasteiger partial charge in [-0.3, -0.25) is 14.4 Å². The van der Waals surface area contributed by atoms with Gasteiger partial charge in [-0.15, -0.1) is 0 Å². The van der Waals surface area contributed by atoms with E-state index in [0.717, 1.165) is 11.1 Å². The van der Waals surface area contributed by atoms with E-state index < -0.39 is 5.91 Å². The van der Waals surface area contributed by atoms with E-state index in [9.17, 15) is 14.4 Å². The number of aryl methyl sites for hydroxylation is 1. The molecule has 8 nitrogen and oxygen atoms in total. The molecular formula is C22H23N5O3. The molecule has 3 heterocycles. The quantitative estimate of drug-likeness (QED) is 0.706. The summed E-state index contributed by atoms with van der Waals surface area (Å²) in [5, 5.41) is 2.58. The minimum atomic E-state index is -0.400. The first kappa shape index (κ1) is 19.6. The summed E-state index contributed by atoms with van der Waals surface area (Å²) in [5.41, 5.74) is 2.32. The first-order chi connectivity index (χ1) is 14.5. The van der Waals surface area contributed by atoms with Gasteiger partial charge in [0, 0.05) is 45.8 Å². The number of carbonyl (C=O) groups excluding carboxylic acids is 2. The summed E-state index contributed by atoms with van der Waals surface area (Å²) in [5.74, 6) is -0.208. The zero-order valence-electron chi connectivity index (χ0n) is 17.0. The number of carbonyl (C=O) groups is 2. The molecule has 3 aromatic rings. The number of amides is 2. The van der Waals surface area contributed by atoms with Crippen molar-refractivity contribution in [3.8, 4) is 0 Å². The Morgan fingerprint density at radius 3 is 2.63 bits per heavy atom. The van der Waals surface area contributed by atoms with Gasteiger partial charge < -0.3 is 19.4 Å². The summed E-state index contributed by atoms with van der Waals surface area (Å²) >= 11 is 0. The van der Waals surface area contributed by atoms with Crippen molar-refractivity contribution in [3.05, 3.63) is 87.4 Å². The van der Waals surface area contributed by atoms with Gasteiger partial charge in [0.05, 0.1) is 6.54 Å². The Morgan fingerprint density at radius 1 is 1.20 bits per heavy atom. The maximum atomic E-state index is 13.1. The molecule has 8 heteroatoms. The van der Waals surface area contributed by atoms with Gasteiger partial charge in [0.2, 0.25) is 0 Å². The van der Waals surface area contributed by atoms with Crippen molar-refractivity contribution < 1.29 is 9.59 Å². The van der Waals surface area contributed by atoms with Crippen molar-refractivity contribution in [2.24, 2.45) is 7.05 Å². The van der Waals surface area contributed by atoms with Gasteiger partial charge in [-0.2, -0.15) is 0 Å². The Kier molecular flexibility index (Phi) is 5.22. The largest absolute Gasteiger partial charge is 0.355 e. The highest BCUT2D eigenvalue weighted by molar-refractivity contribution is 5.96. The van der Waals surface area contributed by atoms with E-state index in [0.29, 0.717) is 37.4 Å².